The lowest BCUT2D eigenvalue weighted by atomic mass is 9.85. The van der Waals surface area contributed by atoms with Crippen molar-refractivity contribution in [1.82, 2.24) is 14.7 Å². The highest BCUT2D eigenvalue weighted by molar-refractivity contribution is 6.30. The molecule has 3 unspecified atom stereocenters. The Bertz CT molecular complexity index is 1360. The molecule has 42 heavy (non-hydrogen) atoms. The third-order valence-corrected chi connectivity index (χ3v) is 10.4. The second-order valence-corrected chi connectivity index (χ2v) is 13.5. The summed E-state index contributed by atoms with van der Waals surface area (Å²) in [5, 5.41) is 15.8. The summed E-state index contributed by atoms with van der Waals surface area (Å²) in [6, 6.07) is 17.3. The monoisotopic (exact) mass is 591 g/mol. The van der Waals surface area contributed by atoms with E-state index in [1.165, 1.54) is 30.2 Å². The molecule has 0 spiro atoms. The van der Waals surface area contributed by atoms with Gasteiger partial charge in [0, 0.05) is 36.1 Å². The van der Waals surface area contributed by atoms with Crippen LogP contribution in [0.4, 0.5) is 4.39 Å². The number of carboxylic acid groups (broad SMARTS) is 1. The highest BCUT2D eigenvalue weighted by Gasteiger charge is 2.43. The Morgan fingerprint density at radius 1 is 1.07 bits per heavy atom. The van der Waals surface area contributed by atoms with Crippen LogP contribution in [0, 0.1) is 29.5 Å². The highest BCUT2D eigenvalue weighted by Crippen LogP contribution is 2.49. The Balaban J connectivity index is 1.11. The molecule has 3 aliphatic rings. The maximum absolute atomic E-state index is 14.3. The Kier molecular flexibility index (Phi) is 9.01. The van der Waals surface area contributed by atoms with E-state index in [0.717, 1.165) is 81.0 Å². The van der Waals surface area contributed by atoms with Crippen molar-refractivity contribution in [2.75, 3.05) is 19.6 Å². The van der Waals surface area contributed by atoms with Gasteiger partial charge in [0.15, 0.2) is 0 Å². The first-order valence-electron chi connectivity index (χ1n) is 15.9. The maximum Gasteiger partial charge on any atom is 0.306 e. The first-order valence-corrected chi connectivity index (χ1v) is 16.3. The first-order chi connectivity index (χ1) is 20.4. The number of piperidine rings is 1. The van der Waals surface area contributed by atoms with Crippen molar-refractivity contribution >= 4 is 17.6 Å². The molecule has 2 saturated carbocycles. The van der Waals surface area contributed by atoms with Gasteiger partial charge in [-0.05, 0) is 117 Å². The van der Waals surface area contributed by atoms with Crippen LogP contribution in [-0.2, 0) is 17.8 Å². The van der Waals surface area contributed by atoms with Crippen molar-refractivity contribution in [2.45, 2.75) is 76.7 Å². The molecule has 224 valence electrons. The summed E-state index contributed by atoms with van der Waals surface area (Å²) in [5.41, 5.74) is 4.69. The predicted octanol–water partition coefficient (Wildman–Crippen LogP) is 7.78. The standard InChI is InChI=1S/C35H43ClFN3O2/c1-2-40-34(21-31(38-40)16-23-8-10-29(36)11-9-23)25-12-14-39(15-13-25)22-28-18-27(33(35(41)42)17-24-6-7-24)20-32(28)26-4-3-5-30(37)19-26/h3-5,8-11,19,21,24-25,27-28,32-33H,2,6-7,12-18,20,22H2,1H3,(H,41,42)/t27?,28?,32?,33-/m0/s1. The van der Waals surface area contributed by atoms with Crippen LogP contribution in [0.15, 0.2) is 54.6 Å². The number of aliphatic carboxylic acids is 1. The van der Waals surface area contributed by atoms with Crippen LogP contribution in [0.1, 0.15) is 86.2 Å². The Morgan fingerprint density at radius 3 is 2.50 bits per heavy atom. The molecule has 1 aromatic heterocycles. The van der Waals surface area contributed by atoms with E-state index < -0.39 is 5.97 Å². The van der Waals surface area contributed by atoms with Gasteiger partial charge in [0.2, 0.25) is 0 Å². The molecular weight excluding hydrogens is 549 g/mol. The number of benzene rings is 2. The van der Waals surface area contributed by atoms with Gasteiger partial charge in [-0.25, -0.2) is 4.39 Å². The van der Waals surface area contributed by atoms with Gasteiger partial charge in [0.25, 0.3) is 0 Å². The fourth-order valence-corrected chi connectivity index (χ4v) is 7.89. The molecule has 3 aromatic rings. The smallest absolute Gasteiger partial charge is 0.306 e. The quantitative estimate of drug-likeness (QED) is 0.247. The van der Waals surface area contributed by atoms with Crippen molar-refractivity contribution in [3.63, 3.8) is 0 Å². The minimum Gasteiger partial charge on any atom is -0.481 e. The SMILES string of the molecule is CCn1nc(Cc2ccc(Cl)cc2)cc1C1CCN(CC2CC([C@H](CC3CC3)C(=O)O)CC2c2cccc(F)c2)CC1. The van der Waals surface area contributed by atoms with E-state index in [9.17, 15) is 14.3 Å². The number of aromatic nitrogens is 2. The van der Waals surface area contributed by atoms with Crippen LogP contribution >= 0.6 is 11.6 Å². The largest absolute Gasteiger partial charge is 0.481 e. The molecule has 1 N–H and O–H groups in total. The summed E-state index contributed by atoms with van der Waals surface area (Å²) >= 11 is 6.07. The van der Waals surface area contributed by atoms with E-state index in [2.05, 4.69) is 34.7 Å². The second kappa shape index (κ2) is 12.9. The third-order valence-electron chi connectivity index (χ3n) is 10.1. The molecule has 4 atom stereocenters. The van der Waals surface area contributed by atoms with Gasteiger partial charge in [0.1, 0.15) is 5.82 Å². The summed E-state index contributed by atoms with van der Waals surface area (Å²) in [6.07, 6.45) is 7.89. The summed E-state index contributed by atoms with van der Waals surface area (Å²) < 4.78 is 16.4. The molecule has 6 rings (SSSR count). The van der Waals surface area contributed by atoms with Gasteiger partial charge in [-0.3, -0.25) is 9.48 Å². The number of likely N-dealkylation sites (tertiary alicyclic amines) is 1. The van der Waals surface area contributed by atoms with Crippen LogP contribution in [0.3, 0.4) is 0 Å². The number of hydrogen-bond donors (Lipinski definition) is 1. The number of carbonyl (C=O) groups is 1. The number of hydrogen-bond acceptors (Lipinski definition) is 3. The molecule has 0 bridgehead atoms. The molecule has 1 aliphatic heterocycles. The minimum atomic E-state index is -0.644. The summed E-state index contributed by atoms with van der Waals surface area (Å²) in [6.45, 7) is 6.02. The van der Waals surface area contributed by atoms with E-state index in [-0.39, 0.29) is 23.6 Å². The van der Waals surface area contributed by atoms with Gasteiger partial charge >= 0.3 is 5.97 Å². The molecule has 3 fully saturated rings. The van der Waals surface area contributed by atoms with E-state index >= 15 is 0 Å². The van der Waals surface area contributed by atoms with Crippen LogP contribution in [0.5, 0.6) is 0 Å². The van der Waals surface area contributed by atoms with Crippen LogP contribution in [0.25, 0.3) is 0 Å². The van der Waals surface area contributed by atoms with Gasteiger partial charge in [-0.15, -0.1) is 0 Å². The number of halogens is 2. The molecule has 0 amide bonds. The predicted molar refractivity (Wildman–Crippen MR) is 164 cm³/mol. The van der Waals surface area contributed by atoms with Crippen LogP contribution in [0.2, 0.25) is 5.02 Å². The molecule has 2 aromatic carbocycles. The lowest BCUT2D eigenvalue weighted by Gasteiger charge is -2.35. The summed E-state index contributed by atoms with van der Waals surface area (Å²) in [5.74, 6) is 0.666. The normalized spacial score (nSPS) is 24.2. The van der Waals surface area contributed by atoms with E-state index in [1.54, 1.807) is 12.1 Å². The number of nitrogens with zero attached hydrogens (tertiary/aromatic N) is 3. The van der Waals surface area contributed by atoms with Crippen molar-refractivity contribution in [2.24, 2.45) is 23.7 Å². The van der Waals surface area contributed by atoms with E-state index in [4.69, 9.17) is 16.7 Å². The minimum absolute atomic E-state index is 0.164. The van der Waals surface area contributed by atoms with E-state index in [1.807, 2.05) is 18.2 Å². The highest BCUT2D eigenvalue weighted by atomic mass is 35.5. The van der Waals surface area contributed by atoms with Crippen molar-refractivity contribution < 1.29 is 14.3 Å². The van der Waals surface area contributed by atoms with Gasteiger partial charge < -0.3 is 10.0 Å². The fourth-order valence-electron chi connectivity index (χ4n) is 7.76. The van der Waals surface area contributed by atoms with Gasteiger partial charge in [-0.1, -0.05) is 48.7 Å². The summed E-state index contributed by atoms with van der Waals surface area (Å²) in [7, 11) is 0. The molecule has 2 heterocycles. The van der Waals surface area contributed by atoms with Gasteiger partial charge in [0.05, 0.1) is 11.6 Å². The molecule has 2 aliphatic carbocycles. The van der Waals surface area contributed by atoms with Crippen LogP contribution in [-0.4, -0.2) is 45.4 Å². The topological polar surface area (TPSA) is 58.4 Å². The van der Waals surface area contributed by atoms with Crippen molar-refractivity contribution in [1.29, 1.82) is 0 Å². The van der Waals surface area contributed by atoms with Gasteiger partial charge in [-0.2, -0.15) is 5.10 Å². The first kappa shape index (κ1) is 29.4. The molecule has 7 heteroatoms. The number of rotatable bonds is 11. The molecule has 0 radical (unpaired) electrons. The lowest BCUT2D eigenvalue weighted by molar-refractivity contribution is -0.144. The zero-order valence-electron chi connectivity index (χ0n) is 24.6. The molecule has 5 nitrogen and oxygen atoms in total. The second-order valence-electron chi connectivity index (χ2n) is 13.0. The zero-order valence-corrected chi connectivity index (χ0v) is 25.4. The van der Waals surface area contributed by atoms with Crippen LogP contribution < -0.4 is 0 Å². The Hall–Kier alpha value is -2.70. The molecular formula is C35H43ClFN3O2. The number of carboxylic acids is 1. The fraction of sp³-hybridized carbons (Fsp3) is 0.543. The van der Waals surface area contributed by atoms with Crippen molar-refractivity contribution in [3.8, 4) is 0 Å². The Morgan fingerprint density at radius 2 is 1.83 bits per heavy atom. The third kappa shape index (κ3) is 6.92. The zero-order chi connectivity index (χ0) is 29.2. The van der Waals surface area contributed by atoms with Crippen molar-refractivity contribution in [3.05, 3.63) is 88.0 Å². The summed E-state index contributed by atoms with van der Waals surface area (Å²) in [4.78, 5) is 14.9. The average molecular weight is 592 g/mol. The Labute approximate surface area is 254 Å². The average Bonchev–Trinajstić information content (AvgIpc) is 3.58. The maximum atomic E-state index is 14.3. The number of aryl methyl sites for hydroxylation is 1. The lowest BCUT2D eigenvalue weighted by Crippen LogP contribution is -2.37. The van der Waals surface area contributed by atoms with E-state index in [0.29, 0.717) is 17.8 Å². The molecule has 1 saturated heterocycles.